The molecular weight excluding hydrogens is 356 g/mol. The summed E-state index contributed by atoms with van der Waals surface area (Å²) in [7, 11) is 0. The predicted octanol–water partition coefficient (Wildman–Crippen LogP) is 3.33. The van der Waals surface area contributed by atoms with Gasteiger partial charge >= 0.3 is 5.97 Å². The molecule has 0 saturated heterocycles. The van der Waals surface area contributed by atoms with E-state index >= 15 is 0 Å². The monoisotopic (exact) mass is 376 g/mol. The van der Waals surface area contributed by atoms with E-state index < -0.39 is 5.97 Å². The van der Waals surface area contributed by atoms with Crippen LogP contribution in [0.5, 0.6) is 0 Å². The van der Waals surface area contributed by atoms with Gasteiger partial charge in [-0.1, -0.05) is 30.3 Å². The minimum absolute atomic E-state index is 0.181. The number of carbonyl (C=O) groups excluding carboxylic acids is 2. The van der Waals surface area contributed by atoms with E-state index in [2.05, 4.69) is 5.32 Å². The Morgan fingerprint density at radius 1 is 0.929 bits per heavy atom. The Kier molecular flexibility index (Phi) is 6.01. The molecule has 0 aliphatic rings. The lowest BCUT2D eigenvalue weighted by Crippen LogP contribution is -2.22. The van der Waals surface area contributed by atoms with Crippen LogP contribution < -0.4 is 10.9 Å². The normalized spacial score (nSPS) is 10.3. The number of hydrogen-bond acceptors (Lipinski definition) is 4. The first-order chi connectivity index (χ1) is 13.6. The molecule has 28 heavy (non-hydrogen) atoms. The fourth-order valence-corrected chi connectivity index (χ4v) is 2.68. The summed E-state index contributed by atoms with van der Waals surface area (Å²) in [5.41, 5.74) is 2.11. The van der Waals surface area contributed by atoms with Crippen LogP contribution in [0.4, 0.5) is 5.69 Å². The highest BCUT2D eigenvalue weighted by Crippen LogP contribution is 2.12. The second-order valence-corrected chi connectivity index (χ2v) is 6.12. The van der Waals surface area contributed by atoms with Crippen LogP contribution in [-0.2, 0) is 11.3 Å². The number of pyridine rings is 1. The number of amides is 1. The van der Waals surface area contributed by atoms with Crippen LogP contribution in [0.25, 0.3) is 0 Å². The molecule has 0 atom stereocenters. The summed E-state index contributed by atoms with van der Waals surface area (Å²) in [5, 5.41) is 2.76. The molecule has 0 radical (unpaired) electrons. The van der Waals surface area contributed by atoms with Crippen molar-refractivity contribution < 1.29 is 14.3 Å². The van der Waals surface area contributed by atoms with Gasteiger partial charge in [0.2, 0.25) is 0 Å². The van der Waals surface area contributed by atoms with Crippen LogP contribution in [-0.4, -0.2) is 23.1 Å². The number of ether oxygens (including phenoxy) is 1. The first-order valence-corrected chi connectivity index (χ1v) is 8.90. The quantitative estimate of drug-likeness (QED) is 0.670. The van der Waals surface area contributed by atoms with E-state index in [-0.39, 0.29) is 11.5 Å². The van der Waals surface area contributed by atoms with E-state index in [1.54, 1.807) is 31.2 Å². The molecule has 0 fully saturated rings. The molecular formula is C22H20N2O4. The maximum absolute atomic E-state index is 12.5. The summed E-state index contributed by atoms with van der Waals surface area (Å²) in [6, 6.07) is 18.8. The van der Waals surface area contributed by atoms with Gasteiger partial charge in [0.1, 0.15) is 0 Å². The van der Waals surface area contributed by atoms with Gasteiger partial charge in [0.25, 0.3) is 11.5 Å². The Morgan fingerprint density at radius 3 is 2.29 bits per heavy atom. The predicted molar refractivity (Wildman–Crippen MR) is 107 cm³/mol. The van der Waals surface area contributed by atoms with Crippen molar-refractivity contribution in [3.63, 3.8) is 0 Å². The number of anilines is 1. The molecule has 3 aromatic rings. The zero-order chi connectivity index (χ0) is 19.9. The fourth-order valence-electron chi connectivity index (χ4n) is 2.68. The lowest BCUT2D eigenvalue weighted by Gasteiger charge is -2.10. The summed E-state index contributed by atoms with van der Waals surface area (Å²) in [5.74, 6) is -0.751. The molecule has 0 spiro atoms. The maximum Gasteiger partial charge on any atom is 0.338 e. The van der Waals surface area contributed by atoms with Crippen LogP contribution in [0, 0.1) is 0 Å². The molecule has 2 aromatic carbocycles. The maximum atomic E-state index is 12.5. The smallest absolute Gasteiger partial charge is 0.338 e. The summed E-state index contributed by atoms with van der Waals surface area (Å²) in [6.45, 7) is 2.43. The van der Waals surface area contributed by atoms with Gasteiger partial charge in [-0.15, -0.1) is 0 Å². The number of benzene rings is 2. The standard InChI is InChI=1S/C22H20N2O4/c1-2-28-22(27)17-8-11-19(12-9-17)23-21(26)18-10-13-20(25)24(15-18)14-16-6-4-3-5-7-16/h3-13,15H,2,14H2,1H3,(H,23,26). The molecule has 0 unspecified atom stereocenters. The SMILES string of the molecule is CCOC(=O)c1ccc(NC(=O)c2ccc(=O)n(Cc3ccccc3)c2)cc1. The van der Waals surface area contributed by atoms with Crippen LogP contribution >= 0.6 is 0 Å². The molecule has 6 nitrogen and oxygen atoms in total. The van der Waals surface area contributed by atoms with Crippen molar-refractivity contribution in [3.05, 3.63) is 100.0 Å². The molecule has 0 saturated carbocycles. The van der Waals surface area contributed by atoms with Gasteiger partial charge < -0.3 is 14.6 Å². The molecule has 0 aliphatic carbocycles. The Labute approximate surface area is 162 Å². The van der Waals surface area contributed by atoms with E-state index in [4.69, 9.17) is 4.74 Å². The van der Waals surface area contributed by atoms with E-state index in [1.807, 2.05) is 30.3 Å². The van der Waals surface area contributed by atoms with Crippen molar-refractivity contribution in [1.82, 2.24) is 4.57 Å². The average molecular weight is 376 g/mol. The highest BCUT2D eigenvalue weighted by Gasteiger charge is 2.10. The molecule has 1 aromatic heterocycles. The average Bonchev–Trinajstić information content (AvgIpc) is 2.71. The van der Waals surface area contributed by atoms with Gasteiger partial charge in [-0.2, -0.15) is 0 Å². The molecule has 0 aliphatic heterocycles. The number of esters is 1. The molecule has 1 N–H and O–H groups in total. The fraction of sp³-hybridized carbons (Fsp3) is 0.136. The van der Waals surface area contributed by atoms with Gasteiger partial charge in [0, 0.05) is 18.0 Å². The molecule has 3 rings (SSSR count). The second-order valence-electron chi connectivity index (χ2n) is 6.12. The summed E-state index contributed by atoms with van der Waals surface area (Å²) in [4.78, 5) is 36.3. The number of nitrogens with one attached hydrogen (secondary N) is 1. The zero-order valence-corrected chi connectivity index (χ0v) is 15.4. The van der Waals surface area contributed by atoms with Crippen molar-refractivity contribution >= 4 is 17.6 Å². The van der Waals surface area contributed by atoms with Crippen molar-refractivity contribution in [1.29, 1.82) is 0 Å². The third kappa shape index (κ3) is 4.73. The van der Waals surface area contributed by atoms with Crippen LogP contribution in [0.2, 0.25) is 0 Å². The minimum atomic E-state index is -0.409. The van der Waals surface area contributed by atoms with Crippen molar-refractivity contribution in [2.75, 3.05) is 11.9 Å². The van der Waals surface area contributed by atoms with E-state index in [1.165, 1.54) is 22.9 Å². The highest BCUT2D eigenvalue weighted by atomic mass is 16.5. The van der Waals surface area contributed by atoms with Crippen LogP contribution in [0.15, 0.2) is 77.7 Å². The summed E-state index contributed by atoms with van der Waals surface area (Å²) >= 11 is 0. The molecule has 0 bridgehead atoms. The molecule has 142 valence electrons. The lowest BCUT2D eigenvalue weighted by molar-refractivity contribution is 0.0526. The van der Waals surface area contributed by atoms with E-state index in [9.17, 15) is 14.4 Å². The Morgan fingerprint density at radius 2 is 1.61 bits per heavy atom. The third-order valence-corrected chi connectivity index (χ3v) is 4.10. The van der Waals surface area contributed by atoms with E-state index in [0.29, 0.717) is 30.0 Å². The Balaban J connectivity index is 1.73. The van der Waals surface area contributed by atoms with Crippen molar-refractivity contribution in [3.8, 4) is 0 Å². The number of hydrogen-bond donors (Lipinski definition) is 1. The van der Waals surface area contributed by atoms with Crippen molar-refractivity contribution in [2.45, 2.75) is 13.5 Å². The molecule has 1 heterocycles. The van der Waals surface area contributed by atoms with Crippen LogP contribution in [0.1, 0.15) is 33.2 Å². The topological polar surface area (TPSA) is 77.4 Å². The van der Waals surface area contributed by atoms with Gasteiger partial charge in [-0.3, -0.25) is 9.59 Å². The first kappa shape index (κ1) is 19.1. The highest BCUT2D eigenvalue weighted by molar-refractivity contribution is 6.04. The zero-order valence-electron chi connectivity index (χ0n) is 15.4. The lowest BCUT2D eigenvalue weighted by atomic mass is 10.2. The van der Waals surface area contributed by atoms with Gasteiger partial charge in [0.15, 0.2) is 0 Å². The second kappa shape index (κ2) is 8.81. The van der Waals surface area contributed by atoms with Crippen molar-refractivity contribution in [2.24, 2.45) is 0 Å². The first-order valence-electron chi connectivity index (χ1n) is 8.90. The molecule has 6 heteroatoms. The summed E-state index contributed by atoms with van der Waals surface area (Å²) < 4.78 is 6.43. The number of carbonyl (C=O) groups is 2. The third-order valence-electron chi connectivity index (χ3n) is 4.10. The van der Waals surface area contributed by atoms with Gasteiger partial charge in [-0.05, 0) is 42.8 Å². The number of rotatable bonds is 6. The Hall–Kier alpha value is -3.67. The minimum Gasteiger partial charge on any atom is -0.462 e. The number of nitrogens with zero attached hydrogens (tertiary/aromatic N) is 1. The summed E-state index contributed by atoms with van der Waals surface area (Å²) in [6.07, 6.45) is 1.54. The largest absolute Gasteiger partial charge is 0.462 e. The molecule has 1 amide bonds. The van der Waals surface area contributed by atoms with Crippen LogP contribution in [0.3, 0.4) is 0 Å². The number of aromatic nitrogens is 1. The van der Waals surface area contributed by atoms with Gasteiger partial charge in [-0.25, -0.2) is 4.79 Å². The Bertz CT molecular complexity index is 1020. The van der Waals surface area contributed by atoms with Gasteiger partial charge in [0.05, 0.1) is 24.3 Å². The van der Waals surface area contributed by atoms with E-state index in [0.717, 1.165) is 5.56 Å².